The molecule has 0 fully saturated rings. The van der Waals surface area contributed by atoms with Crippen LogP contribution in [0.5, 0.6) is 0 Å². The maximum atomic E-state index is 10.9. The van der Waals surface area contributed by atoms with E-state index in [9.17, 15) is 10.1 Å². The summed E-state index contributed by atoms with van der Waals surface area (Å²) in [6.45, 7) is 3.67. The molecular weight excluding hydrogens is 214 g/mol. The third kappa shape index (κ3) is 2.23. The number of para-hydroxylation sites is 1. The summed E-state index contributed by atoms with van der Waals surface area (Å²) in [5, 5.41) is 10.9. The average Bonchev–Trinajstić information content (AvgIpc) is 2.39. The first-order valence-electron chi connectivity index (χ1n) is 5.18. The molecule has 84 valence electrons. The number of nitro groups is 1. The summed E-state index contributed by atoms with van der Waals surface area (Å²) in [5.74, 6) is 0. The van der Waals surface area contributed by atoms with E-state index in [1.807, 2.05) is 24.3 Å². The Bertz CT molecular complexity index is 559. The summed E-state index contributed by atoms with van der Waals surface area (Å²) in [6, 6.07) is 14.2. The number of rotatable bonds is 3. The van der Waals surface area contributed by atoms with E-state index in [-0.39, 0.29) is 10.6 Å². The van der Waals surface area contributed by atoms with Gasteiger partial charge in [0.25, 0.3) is 5.69 Å². The summed E-state index contributed by atoms with van der Waals surface area (Å²) >= 11 is 0. The molecule has 17 heavy (non-hydrogen) atoms. The van der Waals surface area contributed by atoms with Gasteiger partial charge in [0, 0.05) is 6.07 Å². The van der Waals surface area contributed by atoms with Crippen LogP contribution in [0.4, 0.5) is 5.69 Å². The van der Waals surface area contributed by atoms with Gasteiger partial charge in [-0.25, -0.2) is 0 Å². The zero-order valence-corrected chi connectivity index (χ0v) is 9.17. The second-order valence-corrected chi connectivity index (χ2v) is 3.60. The molecule has 0 aliphatic carbocycles. The van der Waals surface area contributed by atoms with Crippen molar-refractivity contribution in [3.8, 4) is 11.1 Å². The monoisotopic (exact) mass is 225 g/mol. The highest BCUT2D eigenvalue weighted by atomic mass is 16.6. The number of nitro benzene ring substituents is 1. The Morgan fingerprint density at radius 1 is 1.06 bits per heavy atom. The summed E-state index contributed by atoms with van der Waals surface area (Å²) in [6.07, 6.45) is 1.74. The minimum Gasteiger partial charge on any atom is -0.258 e. The molecule has 0 aliphatic heterocycles. The highest BCUT2D eigenvalue weighted by Crippen LogP contribution is 2.29. The van der Waals surface area contributed by atoms with Crippen molar-refractivity contribution >= 4 is 11.8 Å². The molecule has 0 aromatic heterocycles. The molecule has 0 amide bonds. The highest BCUT2D eigenvalue weighted by Gasteiger charge is 2.13. The van der Waals surface area contributed by atoms with Gasteiger partial charge in [0.05, 0.1) is 10.5 Å². The van der Waals surface area contributed by atoms with Gasteiger partial charge in [-0.05, 0) is 17.2 Å². The molecule has 0 bridgehead atoms. The van der Waals surface area contributed by atoms with Crippen LogP contribution in [0.1, 0.15) is 5.56 Å². The van der Waals surface area contributed by atoms with Crippen molar-refractivity contribution in [1.29, 1.82) is 0 Å². The molecule has 3 heteroatoms. The Morgan fingerprint density at radius 3 is 2.29 bits per heavy atom. The van der Waals surface area contributed by atoms with Crippen molar-refractivity contribution < 1.29 is 4.92 Å². The minimum atomic E-state index is -0.364. The fourth-order valence-corrected chi connectivity index (χ4v) is 1.68. The van der Waals surface area contributed by atoms with Crippen molar-refractivity contribution in [2.24, 2.45) is 0 Å². The molecule has 2 rings (SSSR count). The van der Waals surface area contributed by atoms with Crippen molar-refractivity contribution in [2.45, 2.75) is 0 Å². The van der Waals surface area contributed by atoms with Gasteiger partial charge in [0.1, 0.15) is 0 Å². The molecule has 0 saturated carbocycles. The smallest absolute Gasteiger partial charge is 0.258 e. The van der Waals surface area contributed by atoms with Crippen LogP contribution in [0.3, 0.4) is 0 Å². The number of hydrogen-bond donors (Lipinski definition) is 0. The Morgan fingerprint density at radius 2 is 1.71 bits per heavy atom. The van der Waals surface area contributed by atoms with Gasteiger partial charge in [-0.15, -0.1) is 0 Å². The third-order valence-electron chi connectivity index (χ3n) is 2.56. The lowest BCUT2D eigenvalue weighted by Crippen LogP contribution is -1.91. The standard InChI is InChI=1S/C14H11NO2/c1-2-11-7-9-12(10-8-11)13-5-3-4-6-14(13)15(16)17/h2-10H,1H2. The van der Waals surface area contributed by atoms with E-state index in [0.29, 0.717) is 5.56 Å². The van der Waals surface area contributed by atoms with Crippen LogP contribution in [-0.4, -0.2) is 4.92 Å². The van der Waals surface area contributed by atoms with Crippen molar-refractivity contribution in [1.82, 2.24) is 0 Å². The minimum absolute atomic E-state index is 0.124. The van der Waals surface area contributed by atoms with Crippen molar-refractivity contribution in [3.05, 3.63) is 70.8 Å². The van der Waals surface area contributed by atoms with Crippen LogP contribution in [0.15, 0.2) is 55.1 Å². The maximum Gasteiger partial charge on any atom is 0.277 e. The van der Waals surface area contributed by atoms with Gasteiger partial charge in [0.2, 0.25) is 0 Å². The van der Waals surface area contributed by atoms with E-state index in [4.69, 9.17) is 0 Å². The summed E-state index contributed by atoms with van der Waals surface area (Å²) in [7, 11) is 0. The lowest BCUT2D eigenvalue weighted by molar-refractivity contribution is -0.384. The predicted molar refractivity (Wildman–Crippen MR) is 68.6 cm³/mol. The number of nitrogens with zero attached hydrogens (tertiary/aromatic N) is 1. The molecule has 2 aromatic rings. The first kappa shape index (κ1) is 11.1. The second-order valence-electron chi connectivity index (χ2n) is 3.60. The van der Waals surface area contributed by atoms with E-state index >= 15 is 0 Å². The van der Waals surface area contributed by atoms with Crippen LogP contribution >= 0.6 is 0 Å². The van der Waals surface area contributed by atoms with Gasteiger partial charge < -0.3 is 0 Å². The largest absolute Gasteiger partial charge is 0.277 e. The van der Waals surface area contributed by atoms with Gasteiger partial charge >= 0.3 is 0 Å². The Kier molecular flexibility index (Phi) is 3.01. The van der Waals surface area contributed by atoms with Crippen LogP contribution in [0.25, 0.3) is 17.2 Å². The fraction of sp³-hybridized carbons (Fsp3) is 0. The van der Waals surface area contributed by atoms with Crippen LogP contribution < -0.4 is 0 Å². The van der Waals surface area contributed by atoms with Gasteiger partial charge in [-0.2, -0.15) is 0 Å². The van der Waals surface area contributed by atoms with Gasteiger partial charge in [-0.3, -0.25) is 10.1 Å². The average molecular weight is 225 g/mol. The Balaban J connectivity index is 2.52. The molecule has 3 nitrogen and oxygen atoms in total. The zero-order valence-electron chi connectivity index (χ0n) is 9.17. The molecule has 0 radical (unpaired) electrons. The molecule has 0 atom stereocenters. The summed E-state index contributed by atoms with van der Waals surface area (Å²) in [5.41, 5.74) is 2.59. The van der Waals surface area contributed by atoms with E-state index < -0.39 is 0 Å². The first-order chi connectivity index (χ1) is 8.22. The molecule has 0 spiro atoms. The highest BCUT2D eigenvalue weighted by molar-refractivity contribution is 5.74. The Hall–Kier alpha value is -2.42. The molecule has 2 aromatic carbocycles. The predicted octanol–water partition coefficient (Wildman–Crippen LogP) is 3.90. The van der Waals surface area contributed by atoms with E-state index in [2.05, 4.69) is 6.58 Å². The molecular formula is C14H11NO2. The molecule has 0 unspecified atom stereocenters. The second kappa shape index (κ2) is 4.61. The van der Waals surface area contributed by atoms with E-state index in [1.54, 1.807) is 24.3 Å². The number of benzene rings is 2. The zero-order chi connectivity index (χ0) is 12.3. The lowest BCUT2D eigenvalue weighted by atomic mass is 10.0. The third-order valence-corrected chi connectivity index (χ3v) is 2.56. The normalized spacial score (nSPS) is 9.88. The van der Waals surface area contributed by atoms with Crippen molar-refractivity contribution in [3.63, 3.8) is 0 Å². The van der Waals surface area contributed by atoms with Gasteiger partial charge in [0.15, 0.2) is 0 Å². The van der Waals surface area contributed by atoms with Crippen LogP contribution in [0, 0.1) is 10.1 Å². The quantitative estimate of drug-likeness (QED) is 0.587. The van der Waals surface area contributed by atoms with E-state index in [0.717, 1.165) is 11.1 Å². The number of hydrogen-bond acceptors (Lipinski definition) is 2. The topological polar surface area (TPSA) is 43.1 Å². The van der Waals surface area contributed by atoms with Crippen LogP contribution in [-0.2, 0) is 0 Å². The lowest BCUT2D eigenvalue weighted by Gasteiger charge is -2.03. The van der Waals surface area contributed by atoms with Gasteiger partial charge in [-0.1, -0.05) is 49.1 Å². The summed E-state index contributed by atoms with van der Waals surface area (Å²) < 4.78 is 0. The van der Waals surface area contributed by atoms with Crippen molar-refractivity contribution in [2.75, 3.05) is 0 Å². The summed E-state index contributed by atoms with van der Waals surface area (Å²) in [4.78, 5) is 10.5. The molecule has 0 saturated heterocycles. The molecule has 0 aliphatic rings. The first-order valence-corrected chi connectivity index (χ1v) is 5.18. The Labute approximate surface area is 99.2 Å². The fourth-order valence-electron chi connectivity index (χ4n) is 1.68. The maximum absolute atomic E-state index is 10.9. The van der Waals surface area contributed by atoms with Crippen LogP contribution in [0.2, 0.25) is 0 Å². The van der Waals surface area contributed by atoms with E-state index in [1.165, 1.54) is 6.07 Å². The SMILES string of the molecule is C=Cc1ccc(-c2ccccc2[N+](=O)[O-])cc1. The molecule has 0 N–H and O–H groups in total. The molecule has 0 heterocycles.